The van der Waals surface area contributed by atoms with Crippen LogP contribution < -0.4 is 5.32 Å². The molecule has 92 valence electrons. The number of rotatable bonds is 5. The Morgan fingerprint density at radius 3 is 2.62 bits per heavy atom. The third-order valence-corrected chi connectivity index (χ3v) is 3.62. The van der Waals surface area contributed by atoms with Crippen LogP contribution in [0.4, 0.5) is 0 Å². The van der Waals surface area contributed by atoms with Crippen molar-refractivity contribution in [2.24, 2.45) is 5.92 Å². The molecule has 4 nitrogen and oxygen atoms in total. The van der Waals surface area contributed by atoms with Gasteiger partial charge in [-0.1, -0.05) is 6.92 Å². The molecule has 0 radical (unpaired) electrons. The summed E-state index contributed by atoms with van der Waals surface area (Å²) in [6, 6.07) is 0.432. The first-order valence-electron chi connectivity index (χ1n) is 6.23. The summed E-state index contributed by atoms with van der Waals surface area (Å²) < 4.78 is 0. The molecule has 2 unspecified atom stereocenters. The SMILES string of the molecule is CC1CCN(CC(C)(NC2CC2)C(=O)O)C1. The van der Waals surface area contributed by atoms with Gasteiger partial charge in [0.1, 0.15) is 5.54 Å². The minimum Gasteiger partial charge on any atom is -0.480 e. The second kappa shape index (κ2) is 4.34. The Bertz CT molecular complexity index is 278. The summed E-state index contributed by atoms with van der Waals surface area (Å²) in [7, 11) is 0. The largest absolute Gasteiger partial charge is 0.480 e. The topological polar surface area (TPSA) is 52.6 Å². The molecule has 0 aromatic rings. The molecule has 2 aliphatic rings. The molecule has 1 saturated carbocycles. The first-order valence-corrected chi connectivity index (χ1v) is 6.23. The van der Waals surface area contributed by atoms with Gasteiger partial charge in [-0.2, -0.15) is 0 Å². The second-order valence-electron chi connectivity index (χ2n) is 5.68. The van der Waals surface area contributed by atoms with Gasteiger partial charge in [-0.3, -0.25) is 10.1 Å². The van der Waals surface area contributed by atoms with Crippen LogP contribution in [0.3, 0.4) is 0 Å². The monoisotopic (exact) mass is 226 g/mol. The van der Waals surface area contributed by atoms with Gasteiger partial charge < -0.3 is 10.0 Å². The fourth-order valence-corrected chi connectivity index (χ4v) is 2.47. The van der Waals surface area contributed by atoms with Crippen molar-refractivity contribution in [2.45, 2.75) is 44.7 Å². The van der Waals surface area contributed by atoms with Crippen LogP contribution in [0, 0.1) is 5.92 Å². The molecule has 2 N–H and O–H groups in total. The van der Waals surface area contributed by atoms with Crippen LogP contribution in [0.2, 0.25) is 0 Å². The normalized spacial score (nSPS) is 30.2. The van der Waals surface area contributed by atoms with Crippen molar-refractivity contribution in [1.82, 2.24) is 10.2 Å². The van der Waals surface area contributed by atoms with E-state index in [1.807, 2.05) is 6.92 Å². The van der Waals surface area contributed by atoms with E-state index < -0.39 is 11.5 Å². The lowest BCUT2D eigenvalue weighted by atomic mass is 10.0. The number of carboxylic acid groups (broad SMARTS) is 1. The minimum atomic E-state index is -0.773. The van der Waals surface area contributed by atoms with Crippen molar-refractivity contribution >= 4 is 5.97 Å². The smallest absolute Gasteiger partial charge is 0.324 e. The molecule has 2 atom stereocenters. The number of likely N-dealkylation sites (tertiary alicyclic amines) is 1. The van der Waals surface area contributed by atoms with E-state index >= 15 is 0 Å². The Labute approximate surface area is 97.0 Å². The molecule has 0 amide bonds. The standard InChI is InChI=1S/C12H22N2O2/c1-9-5-6-14(7-9)8-12(2,11(15)16)13-10-3-4-10/h9-10,13H,3-8H2,1-2H3,(H,15,16). The maximum atomic E-state index is 11.4. The summed E-state index contributed by atoms with van der Waals surface area (Å²) in [5.41, 5.74) is -0.773. The first-order chi connectivity index (χ1) is 7.49. The van der Waals surface area contributed by atoms with Gasteiger partial charge in [-0.05, 0) is 38.6 Å². The molecule has 0 aromatic heterocycles. The number of hydrogen-bond acceptors (Lipinski definition) is 3. The van der Waals surface area contributed by atoms with Crippen molar-refractivity contribution in [2.75, 3.05) is 19.6 Å². The number of nitrogens with one attached hydrogen (secondary N) is 1. The van der Waals surface area contributed by atoms with E-state index in [9.17, 15) is 9.90 Å². The molecule has 0 aromatic carbocycles. The number of nitrogens with zero attached hydrogens (tertiary/aromatic N) is 1. The fourth-order valence-electron chi connectivity index (χ4n) is 2.47. The van der Waals surface area contributed by atoms with Crippen molar-refractivity contribution in [3.05, 3.63) is 0 Å². The van der Waals surface area contributed by atoms with Gasteiger partial charge in [-0.25, -0.2) is 0 Å². The molecular formula is C12H22N2O2. The lowest BCUT2D eigenvalue weighted by molar-refractivity contribution is -0.145. The maximum Gasteiger partial charge on any atom is 0.324 e. The van der Waals surface area contributed by atoms with E-state index in [1.165, 1.54) is 6.42 Å². The first kappa shape index (κ1) is 11.9. The van der Waals surface area contributed by atoms with Crippen LogP contribution in [0.5, 0.6) is 0 Å². The van der Waals surface area contributed by atoms with Gasteiger partial charge in [-0.15, -0.1) is 0 Å². The summed E-state index contributed by atoms with van der Waals surface area (Å²) in [5, 5.41) is 12.6. The quantitative estimate of drug-likeness (QED) is 0.732. The average Bonchev–Trinajstić information content (AvgIpc) is 2.89. The summed E-state index contributed by atoms with van der Waals surface area (Å²) in [6.07, 6.45) is 3.44. The van der Waals surface area contributed by atoms with E-state index in [4.69, 9.17) is 0 Å². The predicted molar refractivity (Wildman–Crippen MR) is 62.4 cm³/mol. The van der Waals surface area contributed by atoms with E-state index in [0.717, 1.165) is 25.9 Å². The Balaban J connectivity index is 1.93. The minimum absolute atomic E-state index is 0.432. The van der Waals surface area contributed by atoms with Crippen LogP contribution in [-0.2, 0) is 4.79 Å². The van der Waals surface area contributed by atoms with Gasteiger partial charge in [0.05, 0.1) is 0 Å². The Kier molecular flexibility index (Phi) is 3.22. The van der Waals surface area contributed by atoms with Crippen LogP contribution in [0.1, 0.15) is 33.1 Å². The van der Waals surface area contributed by atoms with Gasteiger partial charge in [0.15, 0.2) is 0 Å². The average molecular weight is 226 g/mol. The highest BCUT2D eigenvalue weighted by Gasteiger charge is 2.40. The third-order valence-electron chi connectivity index (χ3n) is 3.62. The molecular weight excluding hydrogens is 204 g/mol. The van der Waals surface area contributed by atoms with Gasteiger partial charge >= 0.3 is 5.97 Å². The summed E-state index contributed by atoms with van der Waals surface area (Å²) in [5.74, 6) is -0.0158. The lowest BCUT2D eigenvalue weighted by Gasteiger charge is -2.31. The Hall–Kier alpha value is -0.610. The highest BCUT2D eigenvalue weighted by Crippen LogP contribution is 2.24. The Morgan fingerprint density at radius 2 is 2.19 bits per heavy atom. The molecule has 16 heavy (non-hydrogen) atoms. The summed E-state index contributed by atoms with van der Waals surface area (Å²) >= 11 is 0. The molecule has 2 rings (SSSR count). The zero-order chi connectivity index (χ0) is 11.8. The zero-order valence-corrected chi connectivity index (χ0v) is 10.2. The molecule has 0 bridgehead atoms. The summed E-state index contributed by atoms with van der Waals surface area (Å²) in [4.78, 5) is 13.6. The number of hydrogen-bond donors (Lipinski definition) is 2. The molecule has 4 heteroatoms. The number of carbonyl (C=O) groups is 1. The van der Waals surface area contributed by atoms with E-state index in [1.54, 1.807) is 0 Å². The maximum absolute atomic E-state index is 11.4. The van der Waals surface area contributed by atoms with Gasteiger partial charge in [0, 0.05) is 19.1 Å². The van der Waals surface area contributed by atoms with E-state index in [0.29, 0.717) is 18.5 Å². The van der Waals surface area contributed by atoms with Crippen LogP contribution in [0.25, 0.3) is 0 Å². The van der Waals surface area contributed by atoms with Crippen molar-refractivity contribution in [1.29, 1.82) is 0 Å². The van der Waals surface area contributed by atoms with E-state index in [2.05, 4.69) is 17.1 Å². The second-order valence-corrected chi connectivity index (χ2v) is 5.68. The summed E-state index contributed by atoms with van der Waals surface area (Å²) in [6.45, 7) is 6.75. The van der Waals surface area contributed by atoms with Crippen molar-refractivity contribution in [3.8, 4) is 0 Å². The van der Waals surface area contributed by atoms with Gasteiger partial charge in [0.25, 0.3) is 0 Å². The van der Waals surface area contributed by atoms with Crippen LogP contribution >= 0.6 is 0 Å². The molecule has 0 spiro atoms. The molecule has 1 saturated heterocycles. The molecule has 2 fully saturated rings. The number of aliphatic carboxylic acids is 1. The highest BCUT2D eigenvalue weighted by molar-refractivity contribution is 5.78. The van der Waals surface area contributed by atoms with Crippen LogP contribution in [0.15, 0.2) is 0 Å². The molecule has 1 aliphatic carbocycles. The lowest BCUT2D eigenvalue weighted by Crippen LogP contribution is -2.57. The molecule has 1 heterocycles. The third kappa shape index (κ3) is 2.74. The van der Waals surface area contributed by atoms with Crippen LogP contribution in [-0.4, -0.2) is 47.2 Å². The highest BCUT2D eigenvalue weighted by atomic mass is 16.4. The van der Waals surface area contributed by atoms with Crippen molar-refractivity contribution in [3.63, 3.8) is 0 Å². The Morgan fingerprint density at radius 1 is 1.50 bits per heavy atom. The van der Waals surface area contributed by atoms with Crippen molar-refractivity contribution < 1.29 is 9.90 Å². The number of carboxylic acids is 1. The van der Waals surface area contributed by atoms with Gasteiger partial charge in [0.2, 0.25) is 0 Å². The molecule has 1 aliphatic heterocycles. The zero-order valence-electron chi connectivity index (χ0n) is 10.2. The van der Waals surface area contributed by atoms with E-state index in [-0.39, 0.29) is 0 Å². The predicted octanol–water partition coefficient (Wildman–Crippen LogP) is 0.923. The fraction of sp³-hybridized carbons (Fsp3) is 0.917.